The van der Waals surface area contributed by atoms with Crippen molar-refractivity contribution in [3.8, 4) is 16.9 Å². The van der Waals surface area contributed by atoms with Crippen LogP contribution in [0.5, 0.6) is 5.75 Å². The number of piperidine rings is 1. The lowest BCUT2D eigenvalue weighted by atomic mass is 9.63. The van der Waals surface area contributed by atoms with Crippen molar-refractivity contribution in [3.05, 3.63) is 53.3 Å². The monoisotopic (exact) mass is 455 g/mol. The Morgan fingerprint density at radius 2 is 1.69 bits per heavy atom. The number of benzene rings is 2. The highest BCUT2D eigenvalue weighted by molar-refractivity contribution is 7.96. The van der Waals surface area contributed by atoms with E-state index in [2.05, 4.69) is 11.2 Å². The maximum atomic E-state index is 13.4. The number of Topliss-reactive ketones (excluding diaryl/α,β-unsaturated/α-hetero) is 2. The van der Waals surface area contributed by atoms with Gasteiger partial charge in [-0.05, 0) is 60.1 Å². The molecule has 170 valence electrons. The van der Waals surface area contributed by atoms with Gasteiger partial charge in [-0.2, -0.15) is 0 Å². The molecule has 6 heteroatoms. The van der Waals surface area contributed by atoms with Crippen LogP contribution in [-0.2, 0) is 9.59 Å². The van der Waals surface area contributed by atoms with Gasteiger partial charge in [0.25, 0.3) is 0 Å². The second kappa shape index (κ2) is 9.36. The highest BCUT2D eigenvalue weighted by Crippen LogP contribution is 2.48. The standard InChI is InChI=1S/C26H30FNO3S/c1-4-32-28-11-9-26(10-12-28)15-21(29)25(22(30)16-26)24-17(2)13-19(14-23(24)31-3)18-5-7-20(27)8-6-18/h5-8,13-14,25H,4,9-12,15-16H2,1-3H3. The first-order chi connectivity index (χ1) is 15.4. The molecule has 1 spiro atoms. The van der Waals surface area contributed by atoms with E-state index >= 15 is 0 Å². The van der Waals surface area contributed by atoms with Crippen LogP contribution in [-0.4, -0.2) is 41.8 Å². The fraction of sp³-hybridized carbons (Fsp3) is 0.462. The van der Waals surface area contributed by atoms with Gasteiger partial charge in [0.1, 0.15) is 29.1 Å². The van der Waals surface area contributed by atoms with E-state index in [0.717, 1.165) is 48.4 Å². The van der Waals surface area contributed by atoms with Crippen LogP contribution in [0.1, 0.15) is 49.7 Å². The lowest BCUT2D eigenvalue weighted by molar-refractivity contribution is -0.138. The predicted octanol–water partition coefficient (Wildman–Crippen LogP) is 5.58. The number of carbonyl (C=O) groups is 2. The lowest BCUT2D eigenvalue weighted by Gasteiger charge is -2.44. The average Bonchev–Trinajstić information content (AvgIpc) is 2.76. The first kappa shape index (κ1) is 23.0. The van der Waals surface area contributed by atoms with Crippen LogP contribution in [0.2, 0.25) is 0 Å². The molecular formula is C26H30FNO3S. The molecule has 0 bridgehead atoms. The van der Waals surface area contributed by atoms with Crippen molar-refractivity contribution in [1.82, 2.24) is 4.31 Å². The third-order valence-electron chi connectivity index (χ3n) is 6.87. The first-order valence-corrected chi connectivity index (χ1v) is 12.2. The summed E-state index contributed by atoms with van der Waals surface area (Å²) >= 11 is 1.83. The largest absolute Gasteiger partial charge is 0.496 e. The Balaban J connectivity index is 1.60. The van der Waals surface area contributed by atoms with E-state index in [1.54, 1.807) is 19.2 Å². The van der Waals surface area contributed by atoms with Gasteiger partial charge >= 0.3 is 0 Å². The summed E-state index contributed by atoms with van der Waals surface area (Å²) in [6, 6.07) is 10.1. The molecule has 2 fully saturated rings. The zero-order chi connectivity index (χ0) is 22.9. The van der Waals surface area contributed by atoms with E-state index in [1.807, 2.05) is 31.0 Å². The zero-order valence-electron chi connectivity index (χ0n) is 18.9. The summed E-state index contributed by atoms with van der Waals surface area (Å²) < 4.78 is 21.3. The van der Waals surface area contributed by atoms with Crippen LogP contribution in [0.25, 0.3) is 11.1 Å². The average molecular weight is 456 g/mol. The molecule has 0 radical (unpaired) electrons. The van der Waals surface area contributed by atoms with Crippen LogP contribution in [0.3, 0.4) is 0 Å². The topological polar surface area (TPSA) is 46.6 Å². The van der Waals surface area contributed by atoms with E-state index in [1.165, 1.54) is 12.1 Å². The van der Waals surface area contributed by atoms with Crippen LogP contribution >= 0.6 is 11.9 Å². The fourth-order valence-corrected chi connectivity index (χ4v) is 6.05. The number of carbonyl (C=O) groups excluding carboxylic acids is 2. The van der Waals surface area contributed by atoms with E-state index in [9.17, 15) is 14.0 Å². The first-order valence-electron chi connectivity index (χ1n) is 11.2. The van der Waals surface area contributed by atoms with Gasteiger partial charge in [0.15, 0.2) is 0 Å². The number of halogens is 1. The molecule has 1 aliphatic heterocycles. The number of methoxy groups -OCH3 is 1. The molecule has 0 unspecified atom stereocenters. The third-order valence-corrected chi connectivity index (χ3v) is 7.86. The summed E-state index contributed by atoms with van der Waals surface area (Å²) in [5.41, 5.74) is 3.07. The molecule has 2 aromatic rings. The van der Waals surface area contributed by atoms with Crippen molar-refractivity contribution < 1.29 is 18.7 Å². The van der Waals surface area contributed by atoms with Gasteiger partial charge in [0.05, 0.1) is 7.11 Å². The molecule has 0 amide bonds. The molecule has 1 saturated carbocycles. The number of ether oxygens (including phenoxy) is 1. The summed E-state index contributed by atoms with van der Waals surface area (Å²) in [5.74, 6) is 0.546. The highest BCUT2D eigenvalue weighted by atomic mass is 32.2. The maximum Gasteiger partial charge on any atom is 0.148 e. The Labute approximate surface area is 193 Å². The van der Waals surface area contributed by atoms with E-state index in [4.69, 9.17) is 4.74 Å². The van der Waals surface area contributed by atoms with Gasteiger partial charge in [0, 0.05) is 37.2 Å². The molecule has 1 heterocycles. The minimum atomic E-state index is -0.763. The molecule has 2 aromatic carbocycles. The van der Waals surface area contributed by atoms with Crippen molar-refractivity contribution in [2.45, 2.75) is 45.4 Å². The fourth-order valence-electron chi connectivity index (χ4n) is 5.25. The van der Waals surface area contributed by atoms with E-state index in [-0.39, 0.29) is 22.8 Å². The second-order valence-electron chi connectivity index (χ2n) is 8.98. The molecule has 1 aliphatic carbocycles. The number of hydrogen-bond donors (Lipinski definition) is 0. The number of aryl methyl sites for hydroxylation is 1. The second-order valence-corrected chi connectivity index (χ2v) is 10.3. The summed E-state index contributed by atoms with van der Waals surface area (Å²) in [7, 11) is 1.56. The summed E-state index contributed by atoms with van der Waals surface area (Å²) in [6.45, 7) is 5.91. The smallest absolute Gasteiger partial charge is 0.148 e. The minimum absolute atomic E-state index is 0.00813. The minimum Gasteiger partial charge on any atom is -0.496 e. The van der Waals surface area contributed by atoms with Gasteiger partial charge in [-0.15, -0.1) is 0 Å². The van der Waals surface area contributed by atoms with Crippen molar-refractivity contribution in [2.24, 2.45) is 5.41 Å². The van der Waals surface area contributed by atoms with Gasteiger partial charge in [0.2, 0.25) is 0 Å². The zero-order valence-corrected chi connectivity index (χ0v) is 19.8. The Hall–Kier alpha value is -2.18. The Morgan fingerprint density at radius 1 is 1.06 bits per heavy atom. The molecular weight excluding hydrogens is 425 g/mol. The Kier molecular flexibility index (Phi) is 6.72. The summed E-state index contributed by atoms with van der Waals surface area (Å²) in [4.78, 5) is 26.7. The molecule has 32 heavy (non-hydrogen) atoms. The number of hydrogen-bond acceptors (Lipinski definition) is 5. The number of ketones is 2. The van der Waals surface area contributed by atoms with Crippen LogP contribution in [0, 0.1) is 18.2 Å². The molecule has 4 rings (SSSR count). The Morgan fingerprint density at radius 3 is 2.25 bits per heavy atom. The van der Waals surface area contributed by atoms with Crippen LogP contribution in [0.4, 0.5) is 4.39 Å². The molecule has 1 saturated heterocycles. The van der Waals surface area contributed by atoms with Crippen LogP contribution in [0.15, 0.2) is 36.4 Å². The van der Waals surface area contributed by atoms with Gasteiger partial charge in [-0.1, -0.05) is 37.1 Å². The van der Waals surface area contributed by atoms with Gasteiger partial charge in [-0.25, -0.2) is 4.39 Å². The molecule has 4 nitrogen and oxygen atoms in total. The van der Waals surface area contributed by atoms with Crippen molar-refractivity contribution in [1.29, 1.82) is 0 Å². The summed E-state index contributed by atoms with van der Waals surface area (Å²) in [5, 5.41) is 0. The van der Waals surface area contributed by atoms with Gasteiger partial charge < -0.3 is 4.74 Å². The molecule has 0 atom stereocenters. The predicted molar refractivity (Wildman–Crippen MR) is 126 cm³/mol. The number of rotatable bonds is 5. The van der Waals surface area contributed by atoms with Crippen molar-refractivity contribution >= 4 is 23.5 Å². The van der Waals surface area contributed by atoms with Crippen molar-refractivity contribution in [2.75, 3.05) is 26.0 Å². The van der Waals surface area contributed by atoms with E-state index < -0.39 is 5.92 Å². The lowest BCUT2D eigenvalue weighted by Crippen LogP contribution is -2.45. The van der Waals surface area contributed by atoms with E-state index in [0.29, 0.717) is 24.2 Å². The molecule has 2 aliphatic rings. The normalized spacial score (nSPS) is 19.5. The number of nitrogens with zero attached hydrogens (tertiary/aromatic N) is 1. The Bertz CT molecular complexity index is 992. The third kappa shape index (κ3) is 4.48. The SMILES string of the molecule is CCSN1CCC2(CC1)CC(=O)C(c1c(C)cc(-c3ccc(F)cc3)cc1OC)C(=O)C2. The maximum absolute atomic E-state index is 13.4. The van der Waals surface area contributed by atoms with Crippen LogP contribution < -0.4 is 4.74 Å². The molecule has 0 aromatic heterocycles. The van der Waals surface area contributed by atoms with Crippen molar-refractivity contribution in [3.63, 3.8) is 0 Å². The highest BCUT2D eigenvalue weighted by Gasteiger charge is 2.47. The van der Waals surface area contributed by atoms with Gasteiger partial charge in [-0.3, -0.25) is 13.9 Å². The quantitative estimate of drug-likeness (QED) is 0.435. The molecule has 0 N–H and O–H groups in total. The summed E-state index contributed by atoms with van der Waals surface area (Å²) in [6.07, 6.45) is 2.69.